The third-order valence-electron chi connectivity index (χ3n) is 3.10. The van der Waals surface area contributed by atoms with Gasteiger partial charge in [0.2, 0.25) is 10.0 Å². The molecule has 0 aliphatic heterocycles. The molecule has 0 aliphatic rings. The average molecular weight is 326 g/mol. The van der Waals surface area contributed by atoms with Crippen LogP contribution in [0.2, 0.25) is 0 Å². The van der Waals surface area contributed by atoms with Crippen molar-refractivity contribution in [2.45, 2.75) is 38.3 Å². The Morgan fingerprint density at radius 3 is 2.41 bits per heavy atom. The summed E-state index contributed by atoms with van der Waals surface area (Å²) in [5, 5.41) is 9.21. The third kappa shape index (κ3) is 4.44. The van der Waals surface area contributed by atoms with Crippen LogP contribution < -0.4 is 9.46 Å². The van der Waals surface area contributed by atoms with Crippen LogP contribution >= 0.6 is 0 Å². The number of benzene rings is 1. The largest absolute Gasteiger partial charge is 0.495 e. The van der Waals surface area contributed by atoms with Crippen LogP contribution in [0.1, 0.15) is 26.3 Å². The Bertz CT molecular complexity index is 657. The normalized spacial score (nSPS) is 13.5. The fraction of sp³-hybridized carbons (Fsp3) is 0.533. The molecule has 1 aromatic rings. The van der Waals surface area contributed by atoms with Crippen LogP contribution in [0, 0.1) is 16.7 Å². The van der Waals surface area contributed by atoms with Crippen molar-refractivity contribution < 1.29 is 17.9 Å². The van der Waals surface area contributed by atoms with Crippen molar-refractivity contribution in [3.63, 3.8) is 0 Å². The molecule has 122 valence electrons. The molecular weight excluding hydrogens is 304 g/mol. The first-order chi connectivity index (χ1) is 10.2. The zero-order valence-corrected chi connectivity index (χ0v) is 14.3. The van der Waals surface area contributed by atoms with Crippen molar-refractivity contribution in [2.24, 2.45) is 5.41 Å². The SMILES string of the molecule is COCc1ccc(OC)c(S(=O)(=O)NC(C#N)C(C)(C)C)c1. The lowest BCUT2D eigenvalue weighted by atomic mass is 9.88. The van der Waals surface area contributed by atoms with E-state index in [9.17, 15) is 13.7 Å². The van der Waals surface area contributed by atoms with Crippen molar-refractivity contribution >= 4 is 10.0 Å². The highest BCUT2D eigenvalue weighted by atomic mass is 32.2. The number of rotatable bonds is 6. The van der Waals surface area contributed by atoms with Gasteiger partial charge in [0.05, 0.1) is 19.8 Å². The lowest BCUT2D eigenvalue weighted by Gasteiger charge is -2.25. The van der Waals surface area contributed by atoms with E-state index in [1.54, 1.807) is 32.9 Å². The Morgan fingerprint density at radius 1 is 1.32 bits per heavy atom. The van der Waals surface area contributed by atoms with Gasteiger partial charge in [0.25, 0.3) is 0 Å². The number of sulfonamides is 1. The molecular formula is C15H22N2O4S. The minimum absolute atomic E-state index is 0.00551. The van der Waals surface area contributed by atoms with Gasteiger partial charge in [-0.1, -0.05) is 26.8 Å². The molecule has 0 aliphatic carbocycles. The van der Waals surface area contributed by atoms with Gasteiger partial charge < -0.3 is 9.47 Å². The Hall–Kier alpha value is -1.62. The van der Waals surface area contributed by atoms with E-state index in [1.165, 1.54) is 20.3 Å². The molecule has 6 nitrogen and oxygen atoms in total. The lowest BCUT2D eigenvalue weighted by Crippen LogP contribution is -2.42. The predicted octanol–water partition coefficient (Wildman–Crippen LogP) is 2.06. The van der Waals surface area contributed by atoms with Crippen LogP contribution in [0.5, 0.6) is 5.75 Å². The number of methoxy groups -OCH3 is 2. The highest BCUT2D eigenvalue weighted by molar-refractivity contribution is 7.89. The van der Waals surface area contributed by atoms with Crippen LogP contribution in [-0.4, -0.2) is 28.7 Å². The number of hydrogen-bond acceptors (Lipinski definition) is 5. The number of nitriles is 1. The summed E-state index contributed by atoms with van der Waals surface area (Å²) in [6.45, 7) is 5.67. The van der Waals surface area contributed by atoms with Gasteiger partial charge >= 0.3 is 0 Å². The summed E-state index contributed by atoms with van der Waals surface area (Å²) in [6, 6.07) is 5.92. The highest BCUT2D eigenvalue weighted by Crippen LogP contribution is 2.27. The van der Waals surface area contributed by atoms with E-state index in [-0.39, 0.29) is 17.3 Å². The monoisotopic (exact) mass is 326 g/mol. The molecule has 0 aromatic heterocycles. The second kappa shape index (κ2) is 7.09. The number of hydrogen-bond donors (Lipinski definition) is 1. The fourth-order valence-electron chi connectivity index (χ4n) is 1.80. The molecule has 1 aromatic carbocycles. The molecule has 0 saturated heterocycles. The molecule has 1 rings (SSSR count). The standard InChI is InChI=1S/C15H22N2O4S/c1-15(2,3)14(9-16)17-22(18,19)13-8-11(10-20-4)6-7-12(13)21-5/h6-8,14,17H,10H2,1-5H3. The molecule has 1 unspecified atom stereocenters. The molecule has 0 amide bonds. The number of ether oxygens (including phenoxy) is 2. The highest BCUT2D eigenvalue weighted by Gasteiger charge is 2.31. The molecule has 22 heavy (non-hydrogen) atoms. The number of nitrogens with zero attached hydrogens (tertiary/aromatic N) is 1. The summed E-state index contributed by atoms with van der Waals surface area (Å²) >= 11 is 0. The summed E-state index contributed by atoms with van der Waals surface area (Å²) in [4.78, 5) is -0.00551. The van der Waals surface area contributed by atoms with E-state index >= 15 is 0 Å². The molecule has 1 atom stereocenters. The van der Waals surface area contributed by atoms with Crippen LogP contribution in [0.3, 0.4) is 0 Å². The fourth-order valence-corrected chi connectivity index (χ4v) is 3.37. The van der Waals surface area contributed by atoms with Gasteiger partial charge in [0, 0.05) is 7.11 Å². The van der Waals surface area contributed by atoms with Crippen molar-refractivity contribution in [1.82, 2.24) is 4.72 Å². The minimum atomic E-state index is -3.89. The molecule has 0 bridgehead atoms. The summed E-state index contributed by atoms with van der Waals surface area (Å²) in [5.41, 5.74) is 0.173. The van der Waals surface area contributed by atoms with Gasteiger partial charge in [-0.15, -0.1) is 0 Å². The lowest BCUT2D eigenvalue weighted by molar-refractivity contribution is 0.184. The van der Waals surface area contributed by atoms with Crippen LogP contribution in [0.4, 0.5) is 0 Å². The maximum atomic E-state index is 12.6. The maximum Gasteiger partial charge on any atom is 0.245 e. The van der Waals surface area contributed by atoms with Gasteiger partial charge in [-0.2, -0.15) is 9.98 Å². The van der Waals surface area contributed by atoms with E-state index < -0.39 is 21.5 Å². The Morgan fingerprint density at radius 2 is 1.95 bits per heavy atom. The van der Waals surface area contributed by atoms with Crippen molar-refractivity contribution in [2.75, 3.05) is 14.2 Å². The summed E-state index contributed by atoms with van der Waals surface area (Å²) in [6.07, 6.45) is 0. The molecule has 7 heteroatoms. The zero-order chi connectivity index (χ0) is 17.0. The van der Waals surface area contributed by atoms with Crippen molar-refractivity contribution in [3.8, 4) is 11.8 Å². The quantitative estimate of drug-likeness (QED) is 0.864. The van der Waals surface area contributed by atoms with Crippen molar-refractivity contribution in [1.29, 1.82) is 5.26 Å². The third-order valence-corrected chi connectivity index (χ3v) is 4.54. The van der Waals surface area contributed by atoms with E-state index in [2.05, 4.69) is 4.72 Å². The summed E-state index contributed by atoms with van der Waals surface area (Å²) in [7, 11) is -0.963. The second-order valence-corrected chi connectivity index (χ2v) is 7.65. The topological polar surface area (TPSA) is 88.4 Å². The van der Waals surface area contributed by atoms with Gasteiger partial charge in [-0.05, 0) is 23.1 Å². The number of nitrogens with one attached hydrogen (secondary N) is 1. The Kier molecular flexibility index (Phi) is 5.94. The first kappa shape index (κ1) is 18.4. The molecule has 0 heterocycles. The Labute approximate surface area is 132 Å². The minimum Gasteiger partial charge on any atom is -0.495 e. The predicted molar refractivity (Wildman–Crippen MR) is 82.9 cm³/mol. The van der Waals surface area contributed by atoms with E-state index in [0.717, 1.165) is 0 Å². The van der Waals surface area contributed by atoms with E-state index in [1.807, 2.05) is 6.07 Å². The van der Waals surface area contributed by atoms with Crippen LogP contribution in [-0.2, 0) is 21.4 Å². The van der Waals surface area contributed by atoms with Gasteiger partial charge in [0.15, 0.2) is 0 Å². The van der Waals surface area contributed by atoms with E-state index in [4.69, 9.17) is 9.47 Å². The molecule has 0 spiro atoms. The summed E-state index contributed by atoms with van der Waals surface area (Å²) in [5.74, 6) is 0.220. The molecule has 1 N–H and O–H groups in total. The molecule has 0 saturated carbocycles. The van der Waals surface area contributed by atoms with Gasteiger partial charge in [-0.3, -0.25) is 0 Å². The smallest absolute Gasteiger partial charge is 0.245 e. The maximum absolute atomic E-state index is 12.6. The second-order valence-electron chi connectivity index (χ2n) is 5.97. The van der Waals surface area contributed by atoms with Gasteiger partial charge in [0.1, 0.15) is 16.7 Å². The van der Waals surface area contributed by atoms with Crippen molar-refractivity contribution in [3.05, 3.63) is 23.8 Å². The molecule has 0 fully saturated rings. The Balaban J connectivity index is 3.27. The summed E-state index contributed by atoms with van der Waals surface area (Å²) < 4.78 is 37.8. The first-order valence-electron chi connectivity index (χ1n) is 6.73. The van der Waals surface area contributed by atoms with Gasteiger partial charge in [-0.25, -0.2) is 8.42 Å². The first-order valence-corrected chi connectivity index (χ1v) is 8.22. The van der Waals surface area contributed by atoms with Crippen LogP contribution in [0.15, 0.2) is 23.1 Å². The zero-order valence-electron chi connectivity index (χ0n) is 13.5. The average Bonchev–Trinajstić information content (AvgIpc) is 2.44. The molecule has 0 radical (unpaired) electrons. The van der Waals surface area contributed by atoms with Crippen LogP contribution in [0.25, 0.3) is 0 Å². The van der Waals surface area contributed by atoms with E-state index in [0.29, 0.717) is 5.56 Å².